The van der Waals surface area contributed by atoms with Gasteiger partial charge in [0.25, 0.3) is 0 Å². The van der Waals surface area contributed by atoms with E-state index in [1.807, 2.05) is 0 Å². The third-order valence-corrected chi connectivity index (χ3v) is 3.02. The summed E-state index contributed by atoms with van der Waals surface area (Å²) in [5, 5.41) is 0. The molecule has 0 heterocycles. The Kier molecular flexibility index (Phi) is 3.42. The van der Waals surface area contributed by atoms with Gasteiger partial charge in [0.15, 0.2) is 0 Å². The van der Waals surface area contributed by atoms with Crippen molar-refractivity contribution in [1.82, 2.24) is 0 Å². The van der Waals surface area contributed by atoms with Gasteiger partial charge in [-0.2, -0.15) is 0 Å². The molecular formula is C17H20O. The first-order valence-corrected chi connectivity index (χ1v) is 6.29. The molecule has 2 rings (SSSR count). The van der Waals surface area contributed by atoms with Gasteiger partial charge in [-0.3, -0.25) is 0 Å². The van der Waals surface area contributed by atoms with E-state index in [1.54, 1.807) is 0 Å². The highest BCUT2D eigenvalue weighted by atomic mass is 16.5. The van der Waals surface area contributed by atoms with E-state index in [4.69, 9.17) is 4.74 Å². The highest BCUT2D eigenvalue weighted by Gasteiger charge is 2.07. The van der Waals surface area contributed by atoms with Gasteiger partial charge in [-0.25, -0.2) is 0 Å². The maximum Gasteiger partial charge on any atom is 0.133 e. The first kappa shape index (κ1) is 12.7. The highest BCUT2D eigenvalue weighted by Crippen LogP contribution is 2.30. The minimum absolute atomic E-state index is 0.919. The zero-order valence-electron chi connectivity index (χ0n) is 11.8. The van der Waals surface area contributed by atoms with Crippen LogP contribution >= 0.6 is 0 Å². The topological polar surface area (TPSA) is 9.23 Å². The second-order valence-corrected chi connectivity index (χ2v) is 5.15. The molecule has 18 heavy (non-hydrogen) atoms. The van der Waals surface area contributed by atoms with E-state index < -0.39 is 0 Å². The molecule has 0 saturated heterocycles. The van der Waals surface area contributed by atoms with E-state index in [1.165, 1.54) is 27.8 Å². The van der Waals surface area contributed by atoms with E-state index in [2.05, 4.69) is 65.0 Å². The molecular weight excluding hydrogens is 220 g/mol. The molecule has 0 spiro atoms. The third kappa shape index (κ3) is 2.73. The van der Waals surface area contributed by atoms with Crippen molar-refractivity contribution in [2.75, 3.05) is 0 Å². The zero-order valence-corrected chi connectivity index (χ0v) is 11.8. The van der Waals surface area contributed by atoms with Crippen LogP contribution in [0.5, 0.6) is 11.5 Å². The molecule has 1 heteroatoms. The molecule has 2 aromatic carbocycles. The molecule has 0 bridgehead atoms. The Balaban J connectivity index is 2.40. The molecule has 0 aliphatic rings. The lowest BCUT2D eigenvalue weighted by atomic mass is 10.1. The van der Waals surface area contributed by atoms with Gasteiger partial charge in [-0.05, 0) is 69.0 Å². The molecule has 0 saturated carbocycles. The Hall–Kier alpha value is -1.76. The van der Waals surface area contributed by atoms with Crippen LogP contribution in [-0.2, 0) is 0 Å². The first-order valence-electron chi connectivity index (χ1n) is 6.29. The summed E-state index contributed by atoms with van der Waals surface area (Å²) >= 11 is 0. The normalized spacial score (nSPS) is 10.5. The lowest BCUT2D eigenvalue weighted by Crippen LogP contribution is -1.93. The molecule has 2 aromatic rings. The number of ether oxygens (including phenoxy) is 1. The van der Waals surface area contributed by atoms with Gasteiger partial charge >= 0.3 is 0 Å². The van der Waals surface area contributed by atoms with E-state index in [-0.39, 0.29) is 0 Å². The molecule has 0 unspecified atom stereocenters. The monoisotopic (exact) mass is 240 g/mol. The van der Waals surface area contributed by atoms with Crippen LogP contribution in [0.25, 0.3) is 0 Å². The van der Waals surface area contributed by atoms with Crippen LogP contribution in [0.4, 0.5) is 0 Å². The van der Waals surface area contributed by atoms with Crippen LogP contribution < -0.4 is 4.74 Å². The Morgan fingerprint density at radius 2 is 1.06 bits per heavy atom. The van der Waals surface area contributed by atoms with Crippen molar-refractivity contribution in [2.45, 2.75) is 34.6 Å². The smallest absolute Gasteiger partial charge is 0.133 e. The standard InChI is InChI=1S/C17H20O/c1-11-6-12(2)10-16(9-11)18-17-14(4)7-13(3)8-15(17)5/h6-10H,1-5H3. The summed E-state index contributed by atoms with van der Waals surface area (Å²) in [7, 11) is 0. The SMILES string of the molecule is Cc1cc(C)cc(Oc2c(C)cc(C)cc2C)c1. The molecule has 0 amide bonds. The Labute approximate surface area is 109 Å². The quantitative estimate of drug-likeness (QED) is 0.716. The van der Waals surface area contributed by atoms with Crippen LogP contribution in [0.1, 0.15) is 27.8 Å². The first-order chi connectivity index (χ1) is 8.45. The minimum Gasteiger partial charge on any atom is -0.457 e. The summed E-state index contributed by atoms with van der Waals surface area (Å²) in [6, 6.07) is 10.6. The summed E-state index contributed by atoms with van der Waals surface area (Å²) < 4.78 is 6.06. The molecule has 1 nitrogen and oxygen atoms in total. The number of aryl methyl sites for hydroxylation is 5. The van der Waals surface area contributed by atoms with E-state index in [0.29, 0.717) is 0 Å². The van der Waals surface area contributed by atoms with Gasteiger partial charge in [0.05, 0.1) is 0 Å². The van der Waals surface area contributed by atoms with Crippen molar-refractivity contribution in [2.24, 2.45) is 0 Å². The Morgan fingerprint density at radius 1 is 0.611 bits per heavy atom. The van der Waals surface area contributed by atoms with Gasteiger partial charge < -0.3 is 4.74 Å². The lowest BCUT2D eigenvalue weighted by molar-refractivity contribution is 0.474. The number of hydrogen-bond donors (Lipinski definition) is 0. The van der Waals surface area contributed by atoms with Crippen LogP contribution in [0.2, 0.25) is 0 Å². The number of rotatable bonds is 2. The molecule has 0 N–H and O–H groups in total. The van der Waals surface area contributed by atoms with Crippen molar-refractivity contribution >= 4 is 0 Å². The second-order valence-electron chi connectivity index (χ2n) is 5.15. The van der Waals surface area contributed by atoms with Crippen molar-refractivity contribution in [3.8, 4) is 11.5 Å². The minimum atomic E-state index is 0.919. The molecule has 0 atom stereocenters. The van der Waals surface area contributed by atoms with Crippen molar-refractivity contribution < 1.29 is 4.74 Å². The molecule has 0 aliphatic carbocycles. The lowest BCUT2D eigenvalue weighted by Gasteiger charge is -2.13. The van der Waals surface area contributed by atoms with E-state index in [0.717, 1.165) is 11.5 Å². The van der Waals surface area contributed by atoms with Gasteiger partial charge in [-0.1, -0.05) is 23.8 Å². The van der Waals surface area contributed by atoms with Crippen molar-refractivity contribution in [3.05, 3.63) is 58.1 Å². The molecule has 0 aliphatic heterocycles. The summed E-state index contributed by atoms with van der Waals surface area (Å²) in [4.78, 5) is 0. The largest absolute Gasteiger partial charge is 0.457 e. The maximum absolute atomic E-state index is 6.06. The Bertz CT molecular complexity index is 539. The van der Waals surface area contributed by atoms with Gasteiger partial charge in [-0.15, -0.1) is 0 Å². The van der Waals surface area contributed by atoms with Crippen molar-refractivity contribution in [3.63, 3.8) is 0 Å². The fraction of sp³-hybridized carbons (Fsp3) is 0.294. The molecule has 0 fully saturated rings. The third-order valence-electron chi connectivity index (χ3n) is 3.02. The van der Waals surface area contributed by atoms with E-state index in [9.17, 15) is 0 Å². The van der Waals surface area contributed by atoms with Gasteiger partial charge in [0, 0.05) is 0 Å². The van der Waals surface area contributed by atoms with Crippen LogP contribution in [0, 0.1) is 34.6 Å². The molecule has 0 radical (unpaired) electrons. The maximum atomic E-state index is 6.06. The summed E-state index contributed by atoms with van der Waals surface area (Å²) in [5.41, 5.74) is 6.11. The second kappa shape index (κ2) is 4.85. The molecule has 94 valence electrons. The van der Waals surface area contributed by atoms with Gasteiger partial charge in [0.1, 0.15) is 11.5 Å². The zero-order chi connectivity index (χ0) is 13.3. The summed E-state index contributed by atoms with van der Waals surface area (Å²) in [6.07, 6.45) is 0. The average Bonchev–Trinajstić information content (AvgIpc) is 2.22. The predicted octanol–water partition coefficient (Wildman–Crippen LogP) is 5.02. The van der Waals surface area contributed by atoms with Crippen LogP contribution in [-0.4, -0.2) is 0 Å². The van der Waals surface area contributed by atoms with Crippen LogP contribution in [0.3, 0.4) is 0 Å². The van der Waals surface area contributed by atoms with Crippen LogP contribution in [0.15, 0.2) is 30.3 Å². The number of benzene rings is 2. The molecule has 0 aromatic heterocycles. The fourth-order valence-electron chi connectivity index (χ4n) is 2.44. The van der Waals surface area contributed by atoms with E-state index >= 15 is 0 Å². The van der Waals surface area contributed by atoms with Crippen molar-refractivity contribution in [1.29, 1.82) is 0 Å². The highest BCUT2D eigenvalue weighted by molar-refractivity contribution is 5.46. The Morgan fingerprint density at radius 3 is 1.56 bits per heavy atom. The van der Waals surface area contributed by atoms with Gasteiger partial charge in [0.2, 0.25) is 0 Å². The number of hydrogen-bond acceptors (Lipinski definition) is 1. The summed E-state index contributed by atoms with van der Waals surface area (Å²) in [5.74, 6) is 1.90. The predicted molar refractivity (Wildman–Crippen MR) is 76.6 cm³/mol. The average molecular weight is 240 g/mol. The fourth-order valence-corrected chi connectivity index (χ4v) is 2.44. The summed E-state index contributed by atoms with van der Waals surface area (Å²) in [6.45, 7) is 10.5.